The van der Waals surface area contributed by atoms with E-state index in [1.165, 1.54) is 25.7 Å². The molecule has 4 fully saturated rings. The van der Waals surface area contributed by atoms with Gasteiger partial charge in [-0.2, -0.15) is 0 Å². The fourth-order valence-electron chi connectivity index (χ4n) is 6.03. The van der Waals surface area contributed by atoms with Gasteiger partial charge >= 0.3 is 6.16 Å². The Labute approximate surface area is 136 Å². The van der Waals surface area contributed by atoms with Crippen molar-refractivity contribution in [2.75, 3.05) is 26.4 Å². The minimum atomic E-state index is -1.23. The van der Waals surface area contributed by atoms with Crippen molar-refractivity contribution in [1.82, 2.24) is 0 Å². The first-order valence-electron chi connectivity index (χ1n) is 9.12. The molecule has 4 heteroatoms. The minimum absolute atomic E-state index is 0.154. The Morgan fingerprint density at radius 3 is 1.35 bits per heavy atom. The van der Waals surface area contributed by atoms with Crippen molar-refractivity contribution >= 4 is 0 Å². The summed E-state index contributed by atoms with van der Waals surface area (Å²) in [5, 5.41) is 0. The van der Waals surface area contributed by atoms with Crippen LogP contribution in [0.15, 0.2) is 24.3 Å². The van der Waals surface area contributed by atoms with Gasteiger partial charge in [-0.25, -0.2) is 0 Å². The van der Waals surface area contributed by atoms with Gasteiger partial charge in [-0.1, -0.05) is 24.3 Å². The van der Waals surface area contributed by atoms with Gasteiger partial charge in [0.1, 0.15) is 0 Å². The third kappa shape index (κ3) is 1.76. The van der Waals surface area contributed by atoms with E-state index in [-0.39, 0.29) is 10.8 Å². The van der Waals surface area contributed by atoms with E-state index in [1.54, 1.807) is 0 Å². The van der Waals surface area contributed by atoms with Crippen molar-refractivity contribution in [2.24, 2.45) is 34.5 Å². The van der Waals surface area contributed by atoms with E-state index >= 15 is 0 Å². The van der Waals surface area contributed by atoms with Crippen LogP contribution in [-0.4, -0.2) is 32.6 Å². The molecule has 4 nitrogen and oxygen atoms in total. The highest BCUT2D eigenvalue weighted by atomic mass is 17.0. The molecule has 0 amide bonds. The van der Waals surface area contributed by atoms with E-state index in [9.17, 15) is 0 Å². The molecule has 0 aromatic rings. The number of fused-ring (bicyclic) bond motifs is 6. The van der Waals surface area contributed by atoms with Crippen LogP contribution < -0.4 is 0 Å². The van der Waals surface area contributed by atoms with Gasteiger partial charge in [0.15, 0.2) is 0 Å². The van der Waals surface area contributed by atoms with E-state index in [4.69, 9.17) is 18.9 Å². The standard InChI is InChI=1S/C19H24O4/c1-3-15-5-13(1)7-17(15)9-20-19(21-10-17)22-11-18(12-23-19)8-14-2-4-16(18)6-14/h1-4,13-16H,5-12H2. The maximum Gasteiger partial charge on any atom is 0.412 e. The number of allylic oxidation sites excluding steroid dienone is 4. The Morgan fingerprint density at radius 1 is 0.609 bits per heavy atom. The third-order valence-electron chi connectivity index (χ3n) is 7.40. The molecule has 0 aromatic carbocycles. The predicted molar refractivity (Wildman–Crippen MR) is 82.1 cm³/mol. The number of hydrogen-bond acceptors (Lipinski definition) is 4. The van der Waals surface area contributed by atoms with Crippen LogP contribution in [0, 0.1) is 34.5 Å². The van der Waals surface area contributed by atoms with Crippen LogP contribution in [0.5, 0.6) is 0 Å². The quantitative estimate of drug-likeness (QED) is 0.644. The van der Waals surface area contributed by atoms with Gasteiger partial charge in [0.2, 0.25) is 0 Å². The van der Waals surface area contributed by atoms with Crippen molar-refractivity contribution in [3.63, 3.8) is 0 Å². The summed E-state index contributed by atoms with van der Waals surface area (Å²) in [5.41, 5.74) is 0.309. The van der Waals surface area contributed by atoms with Crippen LogP contribution in [0.2, 0.25) is 0 Å². The summed E-state index contributed by atoms with van der Waals surface area (Å²) in [6, 6.07) is 0. The molecule has 2 heterocycles. The molecule has 3 spiro atoms. The van der Waals surface area contributed by atoms with Gasteiger partial charge in [-0.15, -0.1) is 0 Å². The molecule has 4 aliphatic carbocycles. The summed E-state index contributed by atoms with van der Waals surface area (Å²) in [5.74, 6) is 2.66. The molecule has 124 valence electrons. The van der Waals surface area contributed by atoms with Crippen molar-refractivity contribution < 1.29 is 18.9 Å². The molecule has 0 aromatic heterocycles. The van der Waals surface area contributed by atoms with Crippen LogP contribution in [0.4, 0.5) is 0 Å². The van der Waals surface area contributed by atoms with Gasteiger partial charge in [-0.3, -0.25) is 0 Å². The van der Waals surface area contributed by atoms with Gasteiger partial charge in [-0.05, 0) is 49.4 Å². The molecule has 4 atom stereocenters. The first-order chi connectivity index (χ1) is 11.2. The first-order valence-corrected chi connectivity index (χ1v) is 9.12. The number of hydrogen-bond donors (Lipinski definition) is 0. The lowest BCUT2D eigenvalue weighted by Crippen LogP contribution is -2.59. The number of ether oxygens (including phenoxy) is 4. The van der Waals surface area contributed by atoms with E-state index in [0.717, 1.165) is 11.8 Å². The Kier molecular flexibility index (Phi) is 2.53. The first kappa shape index (κ1) is 13.6. The van der Waals surface area contributed by atoms with Crippen LogP contribution in [0.3, 0.4) is 0 Å². The van der Waals surface area contributed by atoms with E-state index < -0.39 is 6.16 Å². The lowest BCUT2D eigenvalue weighted by molar-refractivity contribution is -0.549. The molecule has 2 aliphatic heterocycles. The van der Waals surface area contributed by atoms with E-state index in [1.807, 2.05) is 0 Å². The summed E-state index contributed by atoms with van der Waals surface area (Å²) in [6.45, 7) is 2.77. The van der Waals surface area contributed by atoms with Crippen molar-refractivity contribution in [3.05, 3.63) is 24.3 Å². The molecule has 4 unspecified atom stereocenters. The smallest absolute Gasteiger partial charge is 0.303 e. The van der Waals surface area contributed by atoms with Crippen molar-refractivity contribution in [3.8, 4) is 0 Å². The highest BCUT2D eigenvalue weighted by molar-refractivity contribution is 5.17. The molecular formula is C19H24O4. The average molecular weight is 316 g/mol. The fourth-order valence-corrected chi connectivity index (χ4v) is 6.03. The SMILES string of the molecule is C1=CC2CC1CC21COC2(OC1)OCC1(CO2)CC2C=CC1C2. The second kappa shape index (κ2) is 4.29. The zero-order chi connectivity index (χ0) is 15.1. The molecule has 6 aliphatic rings. The summed E-state index contributed by atoms with van der Waals surface area (Å²) >= 11 is 0. The lowest BCUT2D eigenvalue weighted by Gasteiger charge is -2.50. The monoisotopic (exact) mass is 316 g/mol. The second-order valence-electron chi connectivity index (χ2n) is 8.76. The summed E-state index contributed by atoms with van der Waals surface area (Å²) in [7, 11) is 0. The lowest BCUT2D eigenvalue weighted by atomic mass is 9.76. The largest absolute Gasteiger partial charge is 0.412 e. The molecule has 2 saturated carbocycles. The fraction of sp³-hybridized carbons (Fsp3) is 0.789. The van der Waals surface area contributed by atoms with Crippen LogP contribution >= 0.6 is 0 Å². The molecular weight excluding hydrogens is 292 g/mol. The summed E-state index contributed by atoms with van der Waals surface area (Å²) in [6.07, 6.45) is 13.1. The molecule has 4 bridgehead atoms. The van der Waals surface area contributed by atoms with Gasteiger partial charge in [0, 0.05) is 10.8 Å². The molecule has 0 radical (unpaired) electrons. The Hall–Kier alpha value is -0.680. The Morgan fingerprint density at radius 2 is 1.04 bits per heavy atom. The van der Waals surface area contributed by atoms with Crippen LogP contribution in [0.1, 0.15) is 25.7 Å². The maximum atomic E-state index is 6.06. The van der Waals surface area contributed by atoms with Crippen LogP contribution in [0.25, 0.3) is 0 Å². The Balaban J connectivity index is 1.16. The normalized spacial score (nSPS) is 59.1. The zero-order valence-electron chi connectivity index (χ0n) is 13.4. The summed E-state index contributed by atoms with van der Waals surface area (Å²) in [4.78, 5) is 0. The minimum Gasteiger partial charge on any atom is -0.303 e. The topological polar surface area (TPSA) is 36.9 Å². The van der Waals surface area contributed by atoms with E-state index in [0.29, 0.717) is 38.3 Å². The van der Waals surface area contributed by atoms with Gasteiger partial charge in [0.05, 0.1) is 26.4 Å². The molecule has 6 rings (SSSR count). The molecule has 23 heavy (non-hydrogen) atoms. The molecule has 2 saturated heterocycles. The van der Waals surface area contributed by atoms with Crippen molar-refractivity contribution in [1.29, 1.82) is 0 Å². The average Bonchev–Trinajstić information content (AvgIpc) is 3.34. The Bertz CT molecular complexity index is 523. The van der Waals surface area contributed by atoms with Gasteiger partial charge < -0.3 is 18.9 Å². The highest BCUT2D eigenvalue weighted by Gasteiger charge is 2.60. The van der Waals surface area contributed by atoms with Crippen molar-refractivity contribution in [2.45, 2.75) is 31.8 Å². The summed E-state index contributed by atoms with van der Waals surface area (Å²) < 4.78 is 24.2. The highest BCUT2D eigenvalue weighted by Crippen LogP contribution is 2.57. The second-order valence-corrected chi connectivity index (χ2v) is 8.76. The van der Waals surface area contributed by atoms with E-state index in [2.05, 4.69) is 24.3 Å². The number of rotatable bonds is 0. The third-order valence-corrected chi connectivity index (χ3v) is 7.40. The molecule has 0 N–H and O–H groups in total. The zero-order valence-corrected chi connectivity index (χ0v) is 13.4. The predicted octanol–water partition coefficient (Wildman–Crippen LogP) is 2.86. The van der Waals surface area contributed by atoms with Gasteiger partial charge in [0.25, 0.3) is 0 Å². The van der Waals surface area contributed by atoms with Crippen LogP contribution in [-0.2, 0) is 18.9 Å². The maximum absolute atomic E-state index is 6.06.